The maximum Gasteiger partial charge on any atom is 0.0506 e. The number of rotatable bonds is 7. The van der Waals surface area contributed by atoms with Crippen LogP contribution >= 0.6 is 12.4 Å². The molecule has 0 spiro atoms. The van der Waals surface area contributed by atoms with E-state index in [1.54, 1.807) is 0 Å². The highest BCUT2D eigenvalue weighted by molar-refractivity contribution is 5.85. The maximum absolute atomic E-state index is 5.49. The number of nitrogens with one attached hydrogen (secondary N) is 1. The summed E-state index contributed by atoms with van der Waals surface area (Å²) in [5.74, 6) is 0.759. The molecule has 3 heteroatoms. The van der Waals surface area contributed by atoms with Crippen molar-refractivity contribution in [3.05, 3.63) is 0 Å². The van der Waals surface area contributed by atoms with Crippen LogP contribution in [0.15, 0.2) is 0 Å². The lowest BCUT2D eigenvalue weighted by Gasteiger charge is -2.25. The largest absolute Gasteiger partial charge is 0.381 e. The predicted molar refractivity (Wildman–Crippen MR) is 72.4 cm³/mol. The SMILES string of the molecule is CCCC(CCC)NCC1CCCOC1.Cl. The first-order valence-electron chi connectivity index (χ1n) is 6.68. The Hall–Kier alpha value is 0.210. The Morgan fingerprint density at radius 3 is 2.44 bits per heavy atom. The van der Waals surface area contributed by atoms with Gasteiger partial charge in [0, 0.05) is 19.2 Å². The van der Waals surface area contributed by atoms with Gasteiger partial charge in [0.15, 0.2) is 0 Å². The molecule has 1 fully saturated rings. The first-order valence-corrected chi connectivity index (χ1v) is 6.68. The maximum atomic E-state index is 5.49. The van der Waals surface area contributed by atoms with Gasteiger partial charge in [0.1, 0.15) is 0 Å². The second-order valence-corrected chi connectivity index (χ2v) is 4.77. The zero-order chi connectivity index (χ0) is 10.9. The molecule has 1 rings (SSSR count). The molecule has 1 atom stereocenters. The van der Waals surface area contributed by atoms with E-state index in [0.717, 1.165) is 31.7 Å². The summed E-state index contributed by atoms with van der Waals surface area (Å²) in [5.41, 5.74) is 0. The summed E-state index contributed by atoms with van der Waals surface area (Å²) in [6.07, 6.45) is 7.82. The van der Waals surface area contributed by atoms with Crippen LogP contribution in [0.5, 0.6) is 0 Å². The summed E-state index contributed by atoms with van der Waals surface area (Å²) in [6.45, 7) is 7.65. The molecule has 0 radical (unpaired) electrons. The van der Waals surface area contributed by atoms with Gasteiger partial charge in [0.05, 0.1) is 6.61 Å². The van der Waals surface area contributed by atoms with Crippen LogP contribution in [-0.4, -0.2) is 25.8 Å². The van der Waals surface area contributed by atoms with Gasteiger partial charge in [-0.1, -0.05) is 26.7 Å². The van der Waals surface area contributed by atoms with E-state index in [1.165, 1.54) is 38.5 Å². The third-order valence-corrected chi connectivity index (χ3v) is 3.22. The van der Waals surface area contributed by atoms with Crippen molar-refractivity contribution >= 4 is 12.4 Å². The van der Waals surface area contributed by atoms with E-state index in [2.05, 4.69) is 19.2 Å². The molecule has 1 saturated heterocycles. The molecular formula is C13H28ClNO. The second-order valence-electron chi connectivity index (χ2n) is 4.77. The Balaban J connectivity index is 0.00000225. The normalized spacial score (nSPS) is 20.8. The zero-order valence-corrected chi connectivity index (χ0v) is 11.7. The topological polar surface area (TPSA) is 21.3 Å². The van der Waals surface area contributed by atoms with Crippen molar-refractivity contribution in [1.29, 1.82) is 0 Å². The third kappa shape index (κ3) is 6.72. The minimum absolute atomic E-state index is 0. The van der Waals surface area contributed by atoms with E-state index in [9.17, 15) is 0 Å². The molecule has 1 N–H and O–H groups in total. The fourth-order valence-electron chi connectivity index (χ4n) is 2.35. The molecule has 0 amide bonds. The van der Waals surface area contributed by atoms with Crippen molar-refractivity contribution in [3.8, 4) is 0 Å². The molecule has 0 aromatic carbocycles. The van der Waals surface area contributed by atoms with Gasteiger partial charge in [-0.15, -0.1) is 12.4 Å². The highest BCUT2D eigenvalue weighted by atomic mass is 35.5. The van der Waals surface area contributed by atoms with Gasteiger partial charge in [-0.05, 0) is 31.6 Å². The number of ether oxygens (including phenoxy) is 1. The van der Waals surface area contributed by atoms with Crippen LogP contribution in [0.1, 0.15) is 52.4 Å². The lowest BCUT2D eigenvalue weighted by molar-refractivity contribution is 0.0535. The second kappa shape index (κ2) is 10.4. The standard InChI is InChI=1S/C13H27NO.ClH/c1-3-6-13(7-4-2)14-10-12-8-5-9-15-11-12;/h12-14H,3-11H2,1-2H3;1H. The number of hydrogen-bond acceptors (Lipinski definition) is 2. The summed E-state index contributed by atoms with van der Waals surface area (Å²) in [6, 6.07) is 0.738. The minimum Gasteiger partial charge on any atom is -0.381 e. The summed E-state index contributed by atoms with van der Waals surface area (Å²) in [5, 5.41) is 3.71. The molecule has 1 aliphatic heterocycles. The van der Waals surface area contributed by atoms with Crippen LogP contribution in [0.2, 0.25) is 0 Å². The van der Waals surface area contributed by atoms with E-state index in [-0.39, 0.29) is 12.4 Å². The van der Waals surface area contributed by atoms with Crippen molar-refractivity contribution in [3.63, 3.8) is 0 Å². The van der Waals surface area contributed by atoms with Gasteiger partial charge in [-0.25, -0.2) is 0 Å². The Bertz CT molecular complexity index is 143. The van der Waals surface area contributed by atoms with Gasteiger partial charge in [-0.2, -0.15) is 0 Å². The Labute approximate surface area is 107 Å². The highest BCUT2D eigenvalue weighted by Gasteiger charge is 2.15. The Morgan fingerprint density at radius 1 is 1.25 bits per heavy atom. The van der Waals surface area contributed by atoms with Crippen molar-refractivity contribution < 1.29 is 4.74 Å². The van der Waals surface area contributed by atoms with E-state index in [0.29, 0.717) is 0 Å². The molecule has 16 heavy (non-hydrogen) atoms. The van der Waals surface area contributed by atoms with Gasteiger partial charge >= 0.3 is 0 Å². The lowest BCUT2D eigenvalue weighted by Crippen LogP contribution is -2.36. The van der Waals surface area contributed by atoms with Crippen LogP contribution in [0.3, 0.4) is 0 Å². The first kappa shape index (κ1) is 16.2. The number of halogens is 1. The molecule has 0 aromatic rings. The molecule has 0 saturated carbocycles. The lowest BCUT2D eigenvalue weighted by atomic mass is 10.0. The number of hydrogen-bond donors (Lipinski definition) is 1. The molecule has 1 heterocycles. The molecule has 1 aliphatic rings. The minimum atomic E-state index is 0. The molecule has 0 aromatic heterocycles. The molecule has 1 unspecified atom stereocenters. The smallest absolute Gasteiger partial charge is 0.0506 e. The molecule has 2 nitrogen and oxygen atoms in total. The average Bonchev–Trinajstić information content (AvgIpc) is 2.28. The Morgan fingerprint density at radius 2 is 1.94 bits per heavy atom. The van der Waals surface area contributed by atoms with E-state index in [4.69, 9.17) is 4.74 Å². The summed E-state index contributed by atoms with van der Waals surface area (Å²) in [4.78, 5) is 0. The van der Waals surface area contributed by atoms with Gasteiger partial charge < -0.3 is 10.1 Å². The zero-order valence-electron chi connectivity index (χ0n) is 10.8. The van der Waals surface area contributed by atoms with Gasteiger partial charge in [0.25, 0.3) is 0 Å². The average molecular weight is 250 g/mol. The van der Waals surface area contributed by atoms with E-state index in [1.807, 2.05) is 0 Å². The molecule has 98 valence electrons. The van der Waals surface area contributed by atoms with Crippen LogP contribution in [0.4, 0.5) is 0 Å². The van der Waals surface area contributed by atoms with E-state index < -0.39 is 0 Å². The van der Waals surface area contributed by atoms with E-state index >= 15 is 0 Å². The van der Waals surface area contributed by atoms with Crippen LogP contribution in [-0.2, 0) is 4.74 Å². The van der Waals surface area contributed by atoms with Crippen molar-refractivity contribution in [2.75, 3.05) is 19.8 Å². The fraction of sp³-hybridized carbons (Fsp3) is 1.00. The summed E-state index contributed by atoms with van der Waals surface area (Å²) in [7, 11) is 0. The van der Waals surface area contributed by atoms with Crippen molar-refractivity contribution in [1.82, 2.24) is 5.32 Å². The summed E-state index contributed by atoms with van der Waals surface area (Å²) < 4.78 is 5.49. The quantitative estimate of drug-likeness (QED) is 0.747. The molecule has 0 aliphatic carbocycles. The predicted octanol–water partition coefficient (Wildman–Crippen LogP) is 3.39. The third-order valence-electron chi connectivity index (χ3n) is 3.22. The highest BCUT2D eigenvalue weighted by Crippen LogP contribution is 2.13. The van der Waals surface area contributed by atoms with Crippen molar-refractivity contribution in [2.45, 2.75) is 58.4 Å². The fourth-order valence-corrected chi connectivity index (χ4v) is 2.35. The first-order chi connectivity index (χ1) is 7.36. The Kier molecular flexibility index (Phi) is 10.5. The van der Waals surface area contributed by atoms with Gasteiger partial charge in [-0.3, -0.25) is 0 Å². The monoisotopic (exact) mass is 249 g/mol. The molecular weight excluding hydrogens is 222 g/mol. The van der Waals surface area contributed by atoms with Gasteiger partial charge in [0.2, 0.25) is 0 Å². The summed E-state index contributed by atoms with van der Waals surface area (Å²) >= 11 is 0. The molecule has 0 bridgehead atoms. The van der Waals surface area contributed by atoms with Crippen LogP contribution in [0.25, 0.3) is 0 Å². The van der Waals surface area contributed by atoms with Crippen LogP contribution in [0, 0.1) is 5.92 Å². The van der Waals surface area contributed by atoms with Crippen molar-refractivity contribution in [2.24, 2.45) is 5.92 Å². The van der Waals surface area contributed by atoms with Crippen LogP contribution < -0.4 is 5.32 Å².